The number of cyclic esters (lactones) is 1. The van der Waals surface area contributed by atoms with E-state index in [0.717, 1.165) is 5.69 Å². The third kappa shape index (κ3) is 4.39. The van der Waals surface area contributed by atoms with Crippen LogP contribution in [0.3, 0.4) is 0 Å². The van der Waals surface area contributed by atoms with Gasteiger partial charge >= 0.3 is 6.09 Å². The van der Waals surface area contributed by atoms with Crippen molar-refractivity contribution >= 4 is 17.8 Å². The fourth-order valence-corrected chi connectivity index (χ4v) is 3.22. The van der Waals surface area contributed by atoms with Crippen LogP contribution in [0.15, 0.2) is 6.07 Å². The molecule has 3 rings (SSSR count). The quantitative estimate of drug-likeness (QED) is 0.846. The number of nitrogens with zero attached hydrogens (tertiary/aromatic N) is 4. The van der Waals surface area contributed by atoms with Crippen LogP contribution < -0.4 is 5.32 Å². The van der Waals surface area contributed by atoms with Gasteiger partial charge < -0.3 is 15.0 Å². The summed E-state index contributed by atoms with van der Waals surface area (Å²) >= 11 is 0. The van der Waals surface area contributed by atoms with E-state index in [4.69, 9.17) is 4.74 Å². The predicted octanol–water partition coefficient (Wildman–Crippen LogP) is 1.29. The Balaban J connectivity index is 1.48. The van der Waals surface area contributed by atoms with E-state index >= 15 is 4.39 Å². The number of nitrogens with one attached hydrogen (secondary N) is 1. The molecule has 0 aromatic carbocycles. The number of anilines is 1. The van der Waals surface area contributed by atoms with Gasteiger partial charge in [-0.2, -0.15) is 0 Å². The second-order valence-electron chi connectivity index (χ2n) is 6.86. The van der Waals surface area contributed by atoms with E-state index in [1.54, 1.807) is 17.9 Å². The Labute approximate surface area is 151 Å². The molecule has 1 aromatic heterocycles. The third-order valence-electron chi connectivity index (χ3n) is 4.74. The Morgan fingerprint density at radius 3 is 2.65 bits per heavy atom. The van der Waals surface area contributed by atoms with E-state index < -0.39 is 11.8 Å². The fourth-order valence-electron chi connectivity index (χ4n) is 3.22. The SMILES string of the molecule is Cc1cc(NCC2(F)CCN(C(=O)CN3CCOC3=O)CC2)nc(C)n1. The molecule has 0 bridgehead atoms. The van der Waals surface area contributed by atoms with Crippen molar-refractivity contribution in [1.29, 1.82) is 0 Å². The molecule has 1 N–H and O–H groups in total. The molecule has 0 aliphatic carbocycles. The van der Waals surface area contributed by atoms with Gasteiger partial charge in [0.2, 0.25) is 5.91 Å². The Morgan fingerprint density at radius 1 is 1.31 bits per heavy atom. The Morgan fingerprint density at radius 2 is 2.04 bits per heavy atom. The molecule has 2 aliphatic heterocycles. The van der Waals surface area contributed by atoms with Crippen LogP contribution in [-0.2, 0) is 9.53 Å². The van der Waals surface area contributed by atoms with E-state index in [1.165, 1.54) is 4.90 Å². The number of rotatable bonds is 5. The van der Waals surface area contributed by atoms with Crippen molar-refractivity contribution in [1.82, 2.24) is 19.8 Å². The molecule has 2 fully saturated rings. The molecule has 9 heteroatoms. The highest BCUT2D eigenvalue weighted by atomic mass is 19.1. The molecule has 0 spiro atoms. The standard InChI is InChI=1S/C17H24FN5O3/c1-12-9-14(21-13(2)20-12)19-11-17(18)3-5-22(6-4-17)15(24)10-23-7-8-26-16(23)25/h9H,3-8,10-11H2,1-2H3,(H,19,20,21). The van der Waals surface area contributed by atoms with Crippen LogP contribution >= 0.6 is 0 Å². The lowest BCUT2D eigenvalue weighted by molar-refractivity contribution is -0.134. The number of amides is 2. The van der Waals surface area contributed by atoms with Crippen molar-refractivity contribution < 1.29 is 18.7 Å². The maximum Gasteiger partial charge on any atom is 0.410 e. The average molecular weight is 365 g/mol. The molecule has 142 valence electrons. The van der Waals surface area contributed by atoms with Gasteiger partial charge in [-0.15, -0.1) is 0 Å². The maximum atomic E-state index is 15.0. The molecule has 0 atom stereocenters. The molecule has 2 aliphatic rings. The smallest absolute Gasteiger partial charge is 0.410 e. The van der Waals surface area contributed by atoms with Crippen LogP contribution in [0.5, 0.6) is 0 Å². The average Bonchev–Trinajstić information content (AvgIpc) is 2.98. The monoisotopic (exact) mass is 365 g/mol. The molecule has 3 heterocycles. The largest absolute Gasteiger partial charge is 0.448 e. The lowest BCUT2D eigenvalue weighted by atomic mass is 9.93. The number of likely N-dealkylation sites (tertiary alicyclic amines) is 1. The summed E-state index contributed by atoms with van der Waals surface area (Å²) in [4.78, 5) is 35.1. The van der Waals surface area contributed by atoms with E-state index in [0.29, 0.717) is 37.9 Å². The van der Waals surface area contributed by atoms with Gasteiger partial charge in [0.15, 0.2) is 0 Å². The number of carbonyl (C=O) groups is 2. The lowest BCUT2D eigenvalue weighted by Gasteiger charge is -2.37. The summed E-state index contributed by atoms with van der Waals surface area (Å²) in [5, 5.41) is 3.05. The summed E-state index contributed by atoms with van der Waals surface area (Å²) in [5.74, 6) is 1.08. The van der Waals surface area contributed by atoms with Gasteiger partial charge in [0.1, 0.15) is 30.5 Å². The second-order valence-corrected chi connectivity index (χ2v) is 6.86. The summed E-state index contributed by atoms with van der Waals surface area (Å²) in [6, 6.07) is 1.78. The molecular weight excluding hydrogens is 341 g/mol. The number of aromatic nitrogens is 2. The Kier molecular flexibility index (Phi) is 5.24. The number of ether oxygens (including phenoxy) is 1. The van der Waals surface area contributed by atoms with Crippen LogP contribution in [0.25, 0.3) is 0 Å². The summed E-state index contributed by atoms with van der Waals surface area (Å²) < 4.78 is 19.8. The van der Waals surface area contributed by atoms with Crippen LogP contribution in [0, 0.1) is 13.8 Å². The van der Waals surface area contributed by atoms with E-state index in [2.05, 4.69) is 15.3 Å². The first kappa shape index (κ1) is 18.3. The first-order chi connectivity index (χ1) is 12.3. The molecule has 26 heavy (non-hydrogen) atoms. The second kappa shape index (κ2) is 7.43. The van der Waals surface area contributed by atoms with E-state index in [9.17, 15) is 9.59 Å². The zero-order valence-electron chi connectivity index (χ0n) is 15.1. The topological polar surface area (TPSA) is 87.7 Å². The van der Waals surface area contributed by atoms with Crippen molar-refractivity contribution in [3.05, 3.63) is 17.6 Å². The van der Waals surface area contributed by atoms with Gasteiger partial charge in [0, 0.05) is 37.7 Å². The molecule has 0 saturated carbocycles. The number of aryl methyl sites for hydroxylation is 2. The van der Waals surface area contributed by atoms with Crippen molar-refractivity contribution in [2.24, 2.45) is 0 Å². The van der Waals surface area contributed by atoms with Gasteiger partial charge in [-0.1, -0.05) is 0 Å². The van der Waals surface area contributed by atoms with Gasteiger partial charge in [0.05, 0.1) is 13.1 Å². The van der Waals surface area contributed by atoms with Crippen LogP contribution in [0.2, 0.25) is 0 Å². The van der Waals surface area contributed by atoms with E-state index in [-0.39, 0.29) is 31.8 Å². The highest BCUT2D eigenvalue weighted by Gasteiger charge is 2.37. The Hall–Kier alpha value is -2.45. The van der Waals surface area contributed by atoms with Crippen molar-refractivity contribution in [3.8, 4) is 0 Å². The molecule has 2 saturated heterocycles. The van der Waals surface area contributed by atoms with Gasteiger partial charge in [0.25, 0.3) is 0 Å². The van der Waals surface area contributed by atoms with Crippen LogP contribution in [0.1, 0.15) is 24.4 Å². The van der Waals surface area contributed by atoms with Gasteiger partial charge in [-0.3, -0.25) is 9.69 Å². The van der Waals surface area contributed by atoms with Crippen LogP contribution in [-0.4, -0.2) is 76.8 Å². The number of halogens is 1. The number of hydrogen-bond acceptors (Lipinski definition) is 6. The molecule has 0 radical (unpaired) electrons. The number of carbonyl (C=O) groups excluding carboxylic acids is 2. The number of hydrogen-bond donors (Lipinski definition) is 1. The summed E-state index contributed by atoms with van der Waals surface area (Å²) in [5.41, 5.74) is -0.565. The van der Waals surface area contributed by atoms with Crippen molar-refractivity contribution in [2.45, 2.75) is 32.4 Å². The summed E-state index contributed by atoms with van der Waals surface area (Å²) in [7, 11) is 0. The normalized spacial score (nSPS) is 19.4. The molecular formula is C17H24FN5O3. The first-order valence-corrected chi connectivity index (χ1v) is 8.79. The minimum atomic E-state index is -1.39. The third-order valence-corrected chi connectivity index (χ3v) is 4.74. The minimum Gasteiger partial charge on any atom is -0.448 e. The fraction of sp³-hybridized carbons (Fsp3) is 0.647. The molecule has 2 amide bonds. The Bertz CT molecular complexity index is 671. The minimum absolute atomic E-state index is 0.00411. The summed E-state index contributed by atoms with van der Waals surface area (Å²) in [6.07, 6.45) is 0.0354. The highest BCUT2D eigenvalue weighted by Crippen LogP contribution is 2.27. The molecule has 0 unspecified atom stereocenters. The van der Waals surface area contributed by atoms with E-state index in [1.807, 2.05) is 6.92 Å². The van der Waals surface area contributed by atoms with Gasteiger partial charge in [-0.25, -0.2) is 19.2 Å². The highest BCUT2D eigenvalue weighted by molar-refractivity contribution is 5.83. The lowest BCUT2D eigenvalue weighted by Crippen LogP contribution is -2.50. The molecule has 8 nitrogen and oxygen atoms in total. The maximum absolute atomic E-state index is 15.0. The molecule has 1 aromatic rings. The van der Waals surface area contributed by atoms with Gasteiger partial charge in [-0.05, 0) is 13.8 Å². The number of alkyl halides is 1. The zero-order valence-corrected chi connectivity index (χ0v) is 15.1. The first-order valence-electron chi connectivity index (χ1n) is 8.79. The zero-order chi connectivity index (χ0) is 18.7. The van der Waals surface area contributed by atoms with Crippen LogP contribution in [0.4, 0.5) is 15.0 Å². The summed E-state index contributed by atoms with van der Waals surface area (Å²) in [6.45, 7) is 5.21. The van der Waals surface area contributed by atoms with Crippen molar-refractivity contribution in [2.75, 3.05) is 44.6 Å². The van der Waals surface area contributed by atoms with Crippen molar-refractivity contribution in [3.63, 3.8) is 0 Å². The number of piperidine rings is 1. The predicted molar refractivity (Wildman–Crippen MR) is 92.6 cm³/mol.